The van der Waals surface area contributed by atoms with E-state index in [1.807, 2.05) is 11.3 Å². The Labute approximate surface area is 410 Å². The minimum atomic E-state index is -0.624. The number of nitrogens with zero attached hydrogens (tertiary/aromatic N) is 1. The van der Waals surface area contributed by atoms with Gasteiger partial charge in [-0.1, -0.05) is 212 Å². The van der Waals surface area contributed by atoms with Crippen LogP contribution in [0.4, 0.5) is 0 Å². The lowest BCUT2D eigenvalue weighted by Crippen LogP contribution is -2.45. The zero-order valence-electron chi connectivity index (χ0n) is 37.9. The Kier molecular flexibility index (Phi) is 8.43. The monoisotopic (exact) mass is 910 g/mol. The first kappa shape index (κ1) is 39.4. The molecule has 2 aliphatic heterocycles. The van der Waals surface area contributed by atoms with Crippen molar-refractivity contribution in [3.63, 3.8) is 0 Å². The maximum atomic E-state index is 6.77. The fourth-order valence-corrected chi connectivity index (χ4v) is 13.9. The summed E-state index contributed by atoms with van der Waals surface area (Å²) in [6, 6.07) is 86.9. The van der Waals surface area contributed by atoms with Gasteiger partial charge in [-0.05, 0) is 91.5 Å². The molecule has 0 amide bonds. The highest BCUT2D eigenvalue weighted by Gasteiger charge is 2.59. The molecule has 328 valence electrons. The number of hydrogen-bond acceptors (Lipinski definition) is 4. The van der Waals surface area contributed by atoms with Crippen LogP contribution in [0.25, 0.3) is 48.1 Å². The fraction of sp³-hybridized carbons (Fsp3) is 0.0455. The van der Waals surface area contributed by atoms with Crippen LogP contribution in [0.15, 0.2) is 248 Å². The summed E-state index contributed by atoms with van der Waals surface area (Å²) < 4.78 is 9.34. The molecule has 0 saturated carbocycles. The molecule has 10 aromatic carbocycles. The zero-order chi connectivity index (χ0) is 46.0. The van der Waals surface area contributed by atoms with Crippen LogP contribution in [0.3, 0.4) is 0 Å². The van der Waals surface area contributed by atoms with E-state index < -0.39 is 10.8 Å². The highest BCUT2D eigenvalue weighted by Crippen LogP contribution is 2.67. The maximum absolute atomic E-state index is 6.77. The molecule has 3 nitrogen and oxygen atoms in total. The number of para-hydroxylation sites is 2. The number of rotatable bonds is 4. The Hall–Kier alpha value is -8.57. The average molecular weight is 911 g/mol. The van der Waals surface area contributed by atoms with E-state index in [2.05, 4.69) is 248 Å². The standard InChI is InChI=1S/C66H42N2OS/c1-2-19-41(20-3-1)64-67-57(42-37-38-46-45-23-7-17-36-61(45)70-62(46)39-42)40-58(68-64)44-22-5-4-21-43(44)47-25-18-33-56-63(47)48-24-6-8-26-49(48)65(56)50-27-9-11-29-52(50)66(53-30-12-10-28-51(53)65)54-31-13-15-34-59(54)69-60-35-16-14-32-55(60)66/h1-40,57H,(H,67,68). The minimum absolute atomic E-state index is 0.206. The first-order chi connectivity index (χ1) is 34.7. The van der Waals surface area contributed by atoms with Crippen LogP contribution in [0, 0.1) is 0 Å². The van der Waals surface area contributed by atoms with Crippen molar-refractivity contribution < 1.29 is 4.74 Å². The molecule has 2 spiro atoms. The van der Waals surface area contributed by atoms with Gasteiger partial charge in [0.25, 0.3) is 0 Å². The van der Waals surface area contributed by atoms with Crippen LogP contribution in [0.2, 0.25) is 0 Å². The van der Waals surface area contributed by atoms with Crippen molar-refractivity contribution in [1.29, 1.82) is 0 Å². The summed E-state index contributed by atoms with van der Waals surface area (Å²) >= 11 is 1.85. The van der Waals surface area contributed by atoms with Crippen LogP contribution in [0.1, 0.15) is 67.2 Å². The van der Waals surface area contributed by atoms with Crippen molar-refractivity contribution in [3.05, 3.63) is 304 Å². The molecule has 0 radical (unpaired) electrons. The van der Waals surface area contributed by atoms with Gasteiger partial charge < -0.3 is 10.1 Å². The summed E-state index contributed by atoms with van der Waals surface area (Å²) in [5.74, 6) is 2.64. The lowest BCUT2D eigenvalue weighted by atomic mass is 9.51. The number of aliphatic imine (C=N–C) groups is 1. The molecule has 1 aromatic heterocycles. The smallest absolute Gasteiger partial charge is 0.133 e. The van der Waals surface area contributed by atoms with E-state index in [1.54, 1.807) is 0 Å². The number of nitrogens with one attached hydrogen (secondary N) is 1. The Morgan fingerprint density at radius 3 is 1.61 bits per heavy atom. The van der Waals surface area contributed by atoms with Crippen LogP contribution in [-0.2, 0) is 10.8 Å². The van der Waals surface area contributed by atoms with Gasteiger partial charge in [-0.3, -0.25) is 4.99 Å². The van der Waals surface area contributed by atoms with Crippen molar-refractivity contribution in [1.82, 2.24) is 5.32 Å². The molecule has 4 heteroatoms. The Balaban J connectivity index is 0.955. The van der Waals surface area contributed by atoms with Gasteiger partial charge in [0.1, 0.15) is 17.3 Å². The number of benzene rings is 10. The molecule has 1 atom stereocenters. The van der Waals surface area contributed by atoms with Gasteiger partial charge in [-0.2, -0.15) is 0 Å². The van der Waals surface area contributed by atoms with Gasteiger partial charge in [-0.25, -0.2) is 0 Å². The van der Waals surface area contributed by atoms with Gasteiger partial charge in [0.2, 0.25) is 0 Å². The fourth-order valence-electron chi connectivity index (χ4n) is 12.8. The van der Waals surface area contributed by atoms with Crippen LogP contribution in [-0.4, -0.2) is 5.84 Å². The van der Waals surface area contributed by atoms with E-state index in [-0.39, 0.29) is 6.04 Å². The van der Waals surface area contributed by atoms with Gasteiger partial charge >= 0.3 is 0 Å². The van der Waals surface area contributed by atoms with Crippen LogP contribution >= 0.6 is 11.3 Å². The van der Waals surface area contributed by atoms with Crippen molar-refractivity contribution >= 4 is 43.0 Å². The Bertz CT molecular complexity index is 3950. The maximum Gasteiger partial charge on any atom is 0.133 e. The molecule has 0 bridgehead atoms. The lowest BCUT2D eigenvalue weighted by Gasteiger charge is -2.51. The van der Waals surface area contributed by atoms with E-state index in [4.69, 9.17) is 9.73 Å². The van der Waals surface area contributed by atoms with Crippen molar-refractivity contribution in [2.75, 3.05) is 0 Å². The third-order valence-corrected chi connectivity index (χ3v) is 16.6. The molecule has 1 N–H and O–H groups in total. The molecule has 4 aliphatic rings. The highest BCUT2D eigenvalue weighted by atomic mass is 32.1. The SMILES string of the molecule is C1=C(c2ccccc2-c2cccc3c2-c2ccccc2C32c3ccccc3C3(c4ccccc4Oc4ccccc43)c3ccccc32)NC(c2ccccc2)=NC1c1ccc2c(c1)sc1ccccc12. The van der Waals surface area contributed by atoms with Gasteiger partial charge in [0.15, 0.2) is 0 Å². The normalized spacial score (nSPS) is 16.2. The third kappa shape index (κ3) is 5.31. The van der Waals surface area contributed by atoms with Crippen molar-refractivity contribution in [2.24, 2.45) is 4.99 Å². The van der Waals surface area contributed by atoms with E-state index >= 15 is 0 Å². The number of ether oxygens (including phenoxy) is 1. The molecule has 0 saturated heterocycles. The van der Waals surface area contributed by atoms with E-state index in [0.29, 0.717) is 0 Å². The molecule has 2 aliphatic carbocycles. The Morgan fingerprint density at radius 1 is 0.400 bits per heavy atom. The molecular weight excluding hydrogens is 869 g/mol. The second kappa shape index (κ2) is 15.0. The quantitative estimate of drug-likeness (QED) is 0.191. The summed E-state index contributed by atoms with van der Waals surface area (Å²) in [7, 11) is 0. The van der Waals surface area contributed by atoms with Gasteiger partial charge in [0.05, 0.1) is 16.9 Å². The summed E-state index contributed by atoms with van der Waals surface area (Å²) in [5.41, 5.74) is 18.0. The predicted octanol–water partition coefficient (Wildman–Crippen LogP) is 16.0. The number of hydrogen-bond donors (Lipinski definition) is 1. The molecule has 3 heterocycles. The topological polar surface area (TPSA) is 33.6 Å². The molecule has 0 fully saturated rings. The van der Waals surface area contributed by atoms with Gasteiger partial charge in [-0.15, -0.1) is 11.3 Å². The van der Waals surface area contributed by atoms with E-state index in [0.717, 1.165) is 45.3 Å². The minimum Gasteiger partial charge on any atom is -0.457 e. The van der Waals surface area contributed by atoms with Crippen molar-refractivity contribution in [3.8, 4) is 33.8 Å². The molecule has 1 unspecified atom stereocenters. The first-order valence-electron chi connectivity index (χ1n) is 24.1. The summed E-state index contributed by atoms with van der Waals surface area (Å²) in [4.78, 5) is 5.44. The second-order valence-electron chi connectivity index (χ2n) is 18.9. The summed E-state index contributed by atoms with van der Waals surface area (Å²) in [5, 5.41) is 6.47. The van der Waals surface area contributed by atoms with Gasteiger partial charge in [0, 0.05) is 48.1 Å². The molecular formula is C66H42N2OS. The van der Waals surface area contributed by atoms with Crippen LogP contribution in [0.5, 0.6) is 11.5 Å². The van der Waals surface area contributed by atoms with E-state index in [1.165, 1.54) is 81.4 Å². The lowest BCUT2D eigenvalue weighted by molar-refractivity contribution is 0.429. The third-order valence-electron chi connectivity index (χ3n) is 15.5. The molecule has 15 rings (SSSR count). The average Bonchev–Trinajstić information content (AvgIpc) is 3.96. The second-order valence-corrected chi connectivity index (χ2v) is 19.9. The molecule has 11 aromatic rings. The number of thiophene rings is 1. The first-order valence-corrected chi connectivity index (χ1v) is 25.0. The number of fused-ring (bicyclic) bond motifs is 18. The zero-order valence-corrected chi connectivity index (χ0v) is 38.8. The number of amidine groups is 1. The molecule has 70 heavy (non-hydrogen) atoms. The van der Waals surface area contributed by atoms with Crippen molar-refractivity contribution in [2.45, 2.75) is 16.9 Å². The predicted molar refractivity (Wildman–Crippen MR) is 287 cm³/mol. The van der Waals surface area contributed by atoms with E-state index in [9.17, 15) is 0 Å². The highest BCUT2D eigenvalue weighted by molar-refractivity contribution is 7.25. The summed E-state index contributed by atoms with van der Waals surface area (Å²) in [6.07, 6.45) is 2.33. The summed E-state index contributed by atoms with van der Waals surface area (Å²) in [6.45, 7) is 0. The Morgan fingerprint density at radius 2 is 0.914 bits per heavy atom. The largest absolute Gasteiger partial charge is 0.457 e. The van der Waals surface area contributed by atoms with Crippen LogP contribution < -0.4 is 10.1 Å².